The lowest BCUT2D eigenvalue weighted by Crippen LogP contribution is -2.34. The first-order valence-electron chi connectivity index (χ1n) is 8.35. The number of carbonyl (C=O) groups is 1. The minimum absolute atomic E-state index is 0.130. The smallest absolute Gasteiger partial charge is 0.229 e. The Bertz CT molecular complexity index is 702. The van der Waals surface area contributed by atoms with E-state index in [4.69, 9.17) is 0 Å². The van der Waals surface area contributed by atoms with Gasteiger partial charge < -0.3 is 10.2 Å². The van der Waals surface area contributed by atoms with Gasteiger partial charge in [-0.15, -0.1) is 0 Å². The lowest BCUT2D eigenvalue weighted by Gasteiger charge is -2.32. The van der Waals surface area contributed by atoms with Crippen molar-refractivity contribution < 1.29 is 9.18 Å². The van der Waals surface area contributed by atoms with E-state index in [0.717, 1.165) is 18.8 Å². The van der Waals surface area contributed by atoms with Crippen molar-refractivity contribution in [2.24, 2.45) is 5.92 Å². The maximum Gasteiger partial charge on any atom is 0.229 e. The van der Waals surface area contributed by atoms with Crippen LogP contribution in [-0.2, 0) is 11.2 Å². The summed E-state index contributed by atoms with van der Waals surface area (Å²) in [5.74, 6) is 0.681. The van der Waals surface area contributed by atoms with Gasteiger partial charge in [0.05, 0.1) is 18.3 Å². The maximum atomic E-state index is 13.1. The number of anilines is 2. The Morgan fingerprint density at radius 3 is 2.96 bits per heavy atom. The number of nitrogens with zero attached hydrogens (tertiary/aromatic N) is 2. The Morgan fingerprint density at radius 2 is 2.25 bits per heavy atom. The highest BCUT2D eigenvalue weighted by Crippen LogP contribution is 2.23. The van der Waals surface area contributed by atoms with E-state index in [2.05, 4.69) is 22.1 Å². The Hall–Kier alpha value is -2.43. The molecule has 0 radical (unpaired) electrons. The minimum atomic E-state index is -0.335. The van der Waals surface area contributed by atoms with Crippen LogP contribution in [0.5, 0.6) is 0 Å². The average molecular weight is 327 g/mol. The fraction of sp³-hybridized carbons (Fsp3) is 0.368. The second-order valence-electron chi connectivity index (χ2n) is 6.45. The number of piperidine rings is 1. The summed E-state index contributed by atoms with van der Waals surface area (Å²) < 4.78 is 13.1. The number of hydrogen-bond acceptors (Lipinski definition) is 3. The van der Waals surface area contributed by atoms with Crippen LogP contribution >= 0.6 is 0 Å². The third kappa shape index (κ3) is 4.31. The van der Waals surface area contributed by atoms with Gasteiger partial charge in [-0.2, -0.15) is 0 Å². The third-order valence-electron chi connectivity index (χ3n) is 4.29. The highest BCUT2D eigenvalue weighted by molar-refractivity contribution is 5.91. The number of carbonyl (C=O) groups excluding carboxylic acids is 1. The Labute approximate surface area is 141 Å². The zero-order chi connectivity index (χ0) is 16.9. The fourth-order valence-corrected chi connectivity index (χ4v) is 3.09. The number of nitrogens with one attached hydrogen (secondary N) is 1. The van der Waals surface area contributed by atoms with Gasteiger partial charge in [0, 0.05) is 13.1 Å². The minimum Gasteiger partial charge on any atom is -0.370 e. The van der Waals surface area contributed by atoms with E-state index >= 15 is 0 Å². The lowest BCUT2D eigenvalue weighted by molar-refractivity contribution is -0.115. The van der Waals surface area contributed by atoms with Gasteiger partial charge in [-0.25, -0.2) is 9.37 Å². The molecule has 3 rings (SSSR count). The molecule has 1 N–H and O–H groups in total. The highest BCUT2D eigenvalue weighted by atomic mass is 19.1. The quantitative estimate of drug-likeness (QED) is 0.932. The number of rotatable bonds is 4. The molecule has 0 spiro atoms. The van der Waals surface area contributed by atoms with Crippen molar-refractivity contribution in [3.05, 3.63) is 54.0 Å². The van der Waals surface area contributed by atoms with Gasteiger partial charge in [0.15, 0.2) is 0 Å². The maximum absolute atomic E-state index is 13.1. The molecule has 1 aromatic heterocycles. The first kappa shape index (κ1) is 16.4. The molecule has 1 unspecified atom stereocenters. The molecule has 1 aliphatic rings. The molecule has 24 heavy (non-hydrogen) atoms. The molecule has 1 aromatic carbocycles. The highest BCUT2D eigenvalue weighted by Gasteiger charge is 2.16. The summed E-state index contributed by atoms with van der Waals surface area (Å²) in [5.41, 5.74) is 1.73. The van der Waals surface area contributed by atoms with E-state index in [1.54, 1.807) is 18.3 Å². The van der Waals surface area contributed by atoms with Crippen LogP contribution < -0.4 is 10.2 Å². The zero-order valence-corrected chi connectivity index (χ0v) is 13.8. The first-order chi connectivity index (χ1) is 11.6. The van der Waals surface area contributed by atoms with Crippen molar-refractivity contribution in [3.63, 3.8) is 0 Å². The van der Waals surface area contributed by atoms with E-state index in [1.807, 2.05) is 12.1 Å². The van der Waals surface area contributed by atoms with Crippen LogP contribution in [0.25, 0.3) is 0 Å². The summed E-state index contributed by atoms with van der Waals surface area (Å²) >= 11 is 0. The largest absolute Gasteiger partial charge is 0.370 e. The summed E-state index contributed by atoms with van der Waals surface area (Å²) in [5, 5.41) is 2.76. The Morgan fingerprint density at radius 1 is 1.38 bits per heavy atom. The van der Waals surface area contributed by atoms with Gasteiger partial charge in [-0.1, -0.05) is 19.1 Å². The second kappa shape index (κ2) is 7.43. The monoisotopic (exact) mass is 327 g/mol. The third-order valence-corrected chi connectivity index (χ3v) is 4.29. The van der Waals surface area contributed by atoms with Crippen molar-refractivity contribution >= 4 is 17.4 Å². The molecule has 0 aliphatic carbocycles. The predicted octanol–water partition coefficient (Wildman–Crippen LogP) is 3.64. The molecule has 2 aromatic rings. The van der Waals surface area contributed by atoms with Crippen LogP contribution in [0.15, 0.2) is 42.6 Å². The summed E-state index contributed by atoms with van der Waals surface area (Å²) in [6, 6.07) is 9.87. The van der Waals surface area contributed by atoms with E-state index in [0.29, 0.717) is 17.3 Å². The van der Waals surface area contributed by atoms with Crippen LogP contribution in [-0.4, -0.2) is 24.0 Å². The van der Waals surface area contributed by atoms with Crippen LogP contribution in [0.3, 0.4) is 0 Å². The van der Waals surface area contributed by atoms with Crippen molar-refractivity contribution in [2.45, 2.75) is 26.2 Å². The van der Waals surface area contributed by atoms with E-state index in [9.17, 15) is 9.18 Å². The SMILES string of the molecule is CC1CCCN(c2ccc(NC(=O)Cc3cccc(F)c3)nc2)C1. The molecular weight excluding hydrogens is 305 g/mol. The number of hydrogen-bond donors (Lipinski definition) is 1. The van der Waals surface area contributed by atoms with Crippen LogP contribution in [0.4, 0.5) is 15.9 Å². The van der Waals surface area contributed by atoms with Gasteiger partial charge in [0.1, 0.15) is 11.6 Å². The molecule has 1 fully saturated rings. The molecule has 0 saturated carbocycles. The van der Waals surface area contributed by atoms with Crippen LogP contribution in [0.2, 0.25) is 0 Å². The first-order valence-corrected chi connectivity index (χ1v) is 8.35. The molecular formula is C19H22FN3O. The van der Waals surface area contributed by atoms with Gasteiger partial charge in [0.2, 0.25) is 5.91 Å². The number of amides is 1. The molecule has 1 amide bonds. The van der Waals surface area contributed by atoms with Crippen molar-refractivity contribution in [3.8, 4) is 0 Å². The molecule has 5 heteroatoms. The van der Waals surface area contributed by atoms with Gasteiger partial charge in [-0.05, 0) is 48.6 Å². The van der Waals surface area contributed by atoms with Crippen molar-refractivity contribution in [2.75, 3.05) is 23.3 Å². The topological polar surface area (TPSA) is 45.2 Å². The zero-order valence-electron chi connectivity index (χ0n) is 13.8. The number of halogens is 1. The average Bonchev–Trinajstić information content (AvgIpc) is 2.55. The Balaban J connectivity index is 1.58. The summed E-state index contributed by atoms with van der Waals surface area (Å²) in [6.07, 6.45) is 4.41. The van der Waals surface area contributed by atoms with Crippen LogP contribution in [0.1, 0.15) is 25.3 Å². The number of benzene rings is 1. The molecule has 0 bridgehead atoms. The molecule has 2 heterocycles. The van der Waals surface area contributed by atoms with E-state index in [1.165, 1.54) is 25.0 Å². The molecule has 1 aliphatic heterocycles. The molecule has 1 saturated heterocycles. The number of pyridine rings is 1. The Kier molecular flexibility index (Phi) is 5.08. The van der Waals surface area contributed by atoms with Crippen LogP contribution in [0, 0.1) is 11.7 Å². The van der Waals surface area contributed by atoms with Gasteiger partial charge >= 0.3 is 0 Å². The van der Waals surface area contributed by atoms with Gasteiger partial charge in [0.25, 0.3) is 0 Å². The fourth-order valence-electron chi connectivity index (χ4n) is 3.09. The predicted molar refractivity (Wildman–Crippen MR) is 93.6 cm³/mol. The molecule has 126 valence electrons. The normalized spacial score (nSPS) is 17.6. The lowest BCUT2D eigenvalue weighted by atomic mass is 10.00. The summed E-state index contributed by atoms with van der Waals surface area (Å²) in [7, 11) is 0. The van der Waals surface area contributed by atoms with E-state index < -0.39 is 0 Å². The molecule has 4 nitrogen and oxygen atoms in total. The van der Waals surface area contributed by atoms with Crippen molar-refractivity contribution in [1.29, 1.82) is 0 Å². The summed E-state index contributed by atoms with van der Waals surface area (Å²) in [4.78, 5) is 18.7. The molecule has 1 atom stereocenters. The van der Waals surface area contributed by atoms with E-state index in [-0.39, 0.29) is 18.1 Å². The standard InChI is InChI=1S/C19H22FN3O/c1-14-4-3-9-23(13-14)17-7-8-18(21-12-17)22-19(24)11-15-5-2-6-16(20)10-15/h2,5-8,10,12,14H,3-4,9,11,13H2,1H3,(H,21,22,24). The second-order valence-corrected chi connectivity index (χ2v) is 6.45. The summed E-state index contributed by atoms with van der Waals surface area (Å²) in [6.45, 7) is 4.37. The van der Waals surface area contributed by atoms with Crippen molar-refractivity contribution in [1.82, 2.24) is 4.98 Å². The van der Waals surface area contributed by atoms with Gasteiger partial charge in [-0.3, -0.25) is 4.79 Å². The number of aromatic nitrogens is 1.